The molecule has 0 radical (unpaired) electrons. The first-order valence-electron chi connectivity index (χ1n) is 13.6. The molecule has 0 saturated carbocycles. The van der Waals surface area contributed by atoms with Crippen LogP contribution in [0.25, 0.3) is 0 Å². The fourth-order valence-electron chi connectivity index (χ4n) is 5.10. The minimum absolute atomic E-state index is 0.0531. The molecule has 1 fully saturated rings. The number of rotatable bonds is 16. The number of nitrogens with one attached hydrogen (secondary N) is 1. The molecule has 6 nitrogen and oxygen atoms in total. The zero-order valence-electron chi connectivity index (χ0n) is 22.7. The number of aliphatic carboxylic acids is 1. The van der Waals surface area contributed by atoms with Crippen molar-refractivity contribution in [3.8, 4) is 0 Å². The Bertz CT molecular complexity index is 852. The van der Waals surface area contributed by atoms with Gasteiger partial charge in [-0.05, 0) is 41.9 Å². The van der Waals surface area contributed by atoms with Crippen LogP contribution in [-0.2, 0) is 9.53 Å². The van der Waals surface area contributed by atoms with E-state index < -0.39 is 12.0 Å². The highest BCUT2D eigenvalue weighted by Gasteiger charge is 2.26. The van der Waals surface area contributed by atoms with Crippen LogP contribution in [-0.4, -0.2) is 90.9 Å². The summed E-state index contributed by atoms with van der Waals surface area (Å²) in [5.41, 5.74) is 2.68. The Morgan fingerprint density at radius 3 is 2.11 bits per heavy atom. The molecule has 2 N–H and O–H groups in total. The summed E-state index contributed by atoms with van der Waals surface area (Å²) in [5.74, 6) is 0.539. The first-order valence-corrected chi connectivity index (χ1v) is 15.0. The van der Waals surface area contributed by atoms with Crippen molar-refractivity contribution in [3.05, 3.63) is 71.8 Å². The van der Waals surface area contributed by atoms with Crippen LogP contribution < -0.4 is 5.32 Å². The SMILES string of the molecule is CSCC[C@H](N[C@H](COCCN1CCN(C(c2ccccc2)c2ccccc2)CC1)CC(C)C)C(=O)O. The normalized spacial score (nSPS) is 16.8. The lowest BCUT2D eigenvalue weighted by Crippen LogP contribution is -2.49. The number of carboxylic acid groups (broad SMARTS) is 1. The van der Waals surface area contributed by atoms with E-state index in [9.17, 15) is 9.90 Å². The third-order valence-electron chi connectivity index (χ3n) is 6.98. The molecule has 204 valence electrons. The summed E-state index contributed by atoms with van der Waals surface area (Å²) in [6, 6.07) is 21.4. The van der Waals surface area contributed by atoms with E-state index in [2.05, 4.69) is 89.6 Å². The van der Waals surface area contributed by atoms with Gasteiger partial charge in [0.25, 0.3) is 0 Å². The second-order valence-electron chi connectivity index (χ2n) is 10.3. The van der Waals surface area contributed by atoms with Crippen LogP contribution in [0.1, 0.15) is 43.9 Å². The minimum atomic E-state index is -0.773. The Kier molecular flexibility index (Phi) is 12.9. The lowest BCUT2D eigenvalue weighted by Gasteiger charge is -2.39. The summed E-state index contributed by atoms with van der Waals surface area (Å²) in [6.07, 6.45) is 3.54. The standard InChI is InChI=1S/C30H45N3O3S/c1-24(2)22-27(31-28(30(34)35)14-21-37-3)23-36-20-19-32-15-17-33(18-16-32)29(25-10-6-4-7-11-25)26-12-8-5-9-13-26/h4-13,24,27-29,31H,14-23H2,1-3H3,(H,34,35)/t27-,28-/m0/s1. The number of ether oxygens (including phenoxy) is 1. The number of thioether (sulfide) groups is 1. The number of piperazine rings is 1. The Morgan fingerprint density at radius 2 is 1.59 bits per heavy atom. The van der Waals surface area contributed by atoms with Crippen LogP contribution in [0.5, 0.6) is 0 Å². The second-order valence-corrected chi connectivity index (χ2v) is 11.3. The summed E-state index contributed by atoms with van der Waals surface area (Å²) >= 11 is 1.68. The van der Waals surface area contributed by atoms with Gasteiger partial charge in [0.1, 0.15) is 6.04 Å². The highest BCUT2D eigenvalue weighted by molar-refractivity contribution is 7.98. The molecule has 3 rings (SSSR count). The third kappa shape index (κ3) is 10.1. The molecule has 0 spiro atoms. The predicted octanol–water partition coefficient (Wildman–Crippen LogP) is 4.62. The highest BCUT2D eigenvalue weighted by atomic mass is 32.2. The van der Waals surface area contributed by atoms with Gasteiger partial charge in [-0.15, -0.1) is 0 Å². The number of carbonyl (C=O) groups is 1. The first kappa shape index (κ1) is 29.7. The van der Waals surface area contributed by atoms with Crippen LogP contribution in [0.2, 0.25) is 0 Å². The quantitative estimate of drug-likeness (QED) is 0.309. The number of hydrogen-bond acceptors (Lipinski definition) is 6. The molecule has 0 aliphatic carbocycles. The van der Waals surface area contributed by atoms with Crippen molar-refractivity contribution < 1.29 is 14.6 Å². The molecule has 1 saturated heterocycles. The van der Waals surface area contributed by atoms with Crippen LogP contribution in [0.4, 0.5) is 0 Å². The van der Waals surface area contributed by atoms with E-state index in [4.69, 9.17) is 4.74 Å². The van der Waals surface area contributed by atoms with Crippen LogP contribution >= 0.6 is 11.8 Å². The Labute approximate surface area is 227 Å². The maximum atomic E-state index is 11.7. The molecule has 1 heterocycles. The maximum absolute atomic E-state index is 11.7. The average molecular weight is 528 g/mol. The Hall–Kier alpha value is -1.90. The number of nitrogens with zero attached hydrogens (tertiary/aromatic N) is 2. The van der Waals surface area contributed by atoms with Crippen molar-refractivity contribution in [3.63, 3.8) is 0 Å². The molecule has 7 heteroatoms. The van der Waals surface area contributed by atoms with E-state index in [-0.39, 0.29) is 12.1 Å². The lowest BCUT2D eigenvalue weighted by atomic mass is 9.96. The van der Waals surface area contributed by atoms with Gasteiger partial charge in [0.05, 0.1) is 19.3 Å². The van der Waals surface area contributed by atoms with Gasteiger partial charge in [-0.1, -0.05) is 74.5 Å². The van der Waals surface area contributed by atoms with Gasteiger partial charge >= 0.3 is 5.97 Å². The van der Waals surface area contributed by atoms with E-state index >= 15 is 0 Å². The molecule has 1 aliphatic rings. The molecule has 37 heavy (non-hydrogen) atoms. The molecular formula is C30H45N3O3S. The Balaban J connectivity index is 1.47. The summed E-state index contributed by atoms with van der Waals surface area (Å²) in [5, 5.41) is 13.0. The summed E-state index contributed by atoms with van der Waals surface area (Å²) < 4.78 is 6.08. The summed E-state index contributed by atoms with van der Waals surface area (Å²) in [4.78, 5) is 16.8. The minimum Gasteiger partial charge on any atom is -0.480 e. The molecule has 0 amide bonds. The van der Waals surface area contributed by atoms with Crippen molar-refractivity contribution in [2.45, 2.75) is 44.8 Å². The van der Waals surface area contributed by atoms with Crippen molar-refractivity contribution in [1.82, 2.24) is 15.1 Å². The van der Waals surface area contributed by atoms with E-state index in [0.717, 1.165) is 44.9 Å². The monoisotopic (exact) mass is 527 g/mol. The van der Waals surface area contributed by atoms with Gasteiger partial charge in [-0.25, -0.2) is 0 Å². The highest BCUT2D eigenvalue weighted by Crippen LogP contribution is 2.29. The second kappa shape index (κ2) is 16.1. The van der Waals surface area contributed by atoms with E-state index in [0.29, 0.717) is 25.6 Å². The van der Waals surface area contributed by atoms with E-state index in [1.54, 1.807) is 11.8 Å². The number of benzene rings is 2. The summed E-state index contributed by atoms with van der Waals surface area (Å²) in [6.45, 7) is 10.5. The molecule has 2 aromatic rings. The predicted molar refractivity (Wildman–Crippen MR) is 154 cm³/mol. The topological polar surface area (TPSA) is 65.0 Å². The zero-order chi connectivity index (χ0) is 26.5. The number of hydrogen-bond donors (Lipinski definition) is 2. The maximum Gasteiger partial charge on any atom is 0.320 e. The van der Waals surface area contributed by atoms with E-state index in [1.807, 2.05) is 6.26 Å². The van der Waals surface area contributed by atoms with Crippen LogP contribution in [0, 0.1) is 5.92 Å². The third-order valence-corrected chi connectivity index (χ3v) is 7.62. The molecular weight excluding hydrogens is 482 g/mol. The molecule has 0 unspecified atom stereocenters. The molecule has 2 atom stereocenters. The van der Waals surface area contributed by atoms with E-state index in [1.165, 1.54) is 11.1 Å². The van der Waals surface area contributed by atoms with Crippen LogP contribution in [0.15, 0.2) is 60.7 Å². The zero-order valence-corrected chi connectivity index (χ0v) is 23.5. The van der Waals surface area contributed by atoms with Crippen molar-refractivity contribution in [2.24, 2.45) is 5.92 Å². The van der Waals surface area contributed by atoms with Gasteiger partial charge in [0, 0.05) is 38.8 Å². The lowest BCUT2D eigenvalue weighted by molar-refractivity contribution is -0.139. The Morgan fingerprint density at radius 1 is 1.00 bits per heavy atom. The number of carboxylic acids is 1. The van der Waals surface area contributed by atoms with Crippen LogP contribution in [0.3, 0.4) is 0 Å². The van der Waals surface area contributed by atoms with Gasteiger partial charge in [-0.3, -0.25) is 19.9 Å². The van der Waals surface area contributed by atoms with Crippen molar-refractivity contribution in [1.29, 1.82) is 0 Å². The fourth-order valence-corrected chi connectivity index (χ4v) is 5.57. The average Bonchev–Trinajstić information content (AvgIpc) is 2.90. The fraction of sp³-hybridized carbons (Fsp3) is 0.567. The largest absolute Gasteiger partial charge is 0.480 e. The van der Waals surface area contributed by atoms with Gasteiger partial charge in [0.15, 0.2) is 0 Å². The van der Waals surface area contributed by atoms with Crippen molar-refractivity contribution in [2.75, 3.05) is 57.9 Å². The van der Waals surface area contributed by atoms with Gasteiger partial charge in [-0.2, -0.15) is 11.8 Å². The molecule has 1 aliphatic heterocycles. The van der Waals surface area contributed by atoms with Crippen molar-refractivity contribution >= 4 is 17.7 Å². The smallest absolute Gasteiger partial charge is 0.320 e. The first-order chi connectivity index (χ1) is 18.0. The molecule has 2 aromatic carbocycles. The summed E-state index contributed by atoms with van der Waals surface area (Å²) in [7, 11) is 0. The molecule has 0 aromatic heterocycles. The van der Waals surface area contributed by atoms with Gasteiger partial charge in [0.2, 0.25) is 0 Å². The van der Waals surface area contributed by atoms with Gasteiger partial charge < -0.3 is 9.84 Å². The molecule has 0 bridgehead atoms.